The Morgan fingerprint density at radius 1 is 1.40 bits per heavy atom. The number of aryl methyl sites for hydroxylation is 1. The van der Waals surface area contributed by atoms with Gasteiger partial charge in [-0.25, -0.2) is 0 Å². The van der Waals surface area contributed by atoms with Crippen molar-refractivity contribution in [1.29, 1.82) is 0 Å². The summed E-state index contributed by atoms with van der Waals surface area (Å²) in [6.07, 6.45) is 1.66. The fourth-order valence-electron chi connectivity index (χ4n) is 1.78. The predicted molar refractivity (Wildman–Crippen MR) is 63.3 cm³/mol. The summed E-state index contributed by atoms with van der Waals surface area (Å²) in [4.78, 5) is 0. The topological polar surface area (TPSA) is 29.5 Å². The molecular weight excluding hydrogens is 256 g/mol. The van der Waals surface area contributed by atoms with Gasteiger partial charge in [-0.15, -0.1) is 0 Å². The van der Waals surface area contributed by atoms with Gasteiger partial charge in [0.25, 0.3) is 0 Å². The average Bonchev–Trinajstić information content (AvgIpc) is 2.94. The molecule has 0 aromatic heterocycles. The Kier molecular flexibility index (Phi) is 2.55. The first-order valence-corrected chi connectivity index (χ1v) is 5.85. The van der Waals surface area contributed by atoms with Crippen LogP contribution in [0.5, 0.6) is 5.75 Å². The molecule has 1 fully saturated rings. The third-order valence-electron chi connectivity index (χ3n) is 3.15. The summed E-state index contributed by atoms with van der Waals surface area (Å²) in [5.41, 5.74) is 2.62. The number of methoxy groups -OCH3 is 1. The second-order valence-electron chi connectivity index (χ2n) is 4.24. The van der Waals surface area contributed by atoms with E-state index < -0.39 is 5.60 Å². The zero-order chi connectivity index (χ0) is 11.2. The summed E-state index contributed by atoms with van der Waals surface area (Å²) in [5, 5.41) is 10.2. The highest BCUT2D eigenvalue weighted by Gasteiger charge is 2.45. The highest BCUT2D eigenvalue weighted by Crippen LogP contribution is 2.51. The molecule has 1 N–H and O–H groups in total. The van der Waals surface area contributed by atoms with Crippen molar-refractivity contribution in [3.05, 3.63) is 27.2 Å². The van der Waals surface area contributed by atoms with Crippen LogP contribution in [0.15, 0.2) is 10.5 Å². The van der Waals surface area contributed by atoms with E-state index in [1.54, 1.807) is 7.11 Å². The van der Waals surface area contributed by atoms with E-state index in [1.165, 1.54) is 11.1 Å². The van der Waals surface area contributed by atoms with Gasteiger partial charge >= 0.3 is 0 Å². The molecule has 1 aromatic carbocycles. The number of rotatable bonds is 2. The van der Waals surface area contributed by atoms with Crippen LogP contribution in [-0.4, -0.2) is 12.2 Å². The van der Waals surface area contributed by atoms with Gasteiger partial charge in [-0.1, -0.05) is 0 Å². The monoisotopic (exact) mass is 270 g/mol. The molecule has 3 heteroatoms. The first-order valence-electron chi connectivity index (χ1n) is 5.06. The van der Waals surface area contributed by atoms with Gasteiger partial charge in [-0.2, -0.15) is 0 Å². The second-order valence-corrected chi connectivity index (χ2v) is 5.04. The maximum atomic E-state index is 10.2. The highest BCUT2D eigenvalue weighted by atomic mass is 79.9. The molecule has 0 unspecified atom stereocenters. The van der Waals surface area contributed by atoms with Crippen molar-refractivity contribution in [2.45, 2.75) is 32.3 Å². The quantitative estimate of drug-likeness (QED) is 0.895. The van der Waals surface area contributed by atoms with Crippen LogP contribution in [0.25, 0.3) is 0 Å². The van der Waals surface area contributed by atoms with Gasteiger partial charge in [0.05, 0.1) is 17.2 Å². The Hall–Kier alpha value is -0.540. The minimum absolute atomic E-state index is 0.647. The number of benzene rings is 1. The van der Waals surface area contributed by atoms with Crippen molar-refractivity contribution in [2.75, 3.05) is 7.11 Å². The Morgan fingerprint density at radius 2 is 2.00 bits per heavy atom. The van der Waals surface area contributed by atoms with E-state index in [-0.39, 0.29) is 0 Å². The summed E-state index contributed by atoms with van der Waals surface area (Å²) in [7, 11) is 1.64. The van der Waals surface area contributed by atoms with Gasteiger partial charge in [0.15, 0.2) is 0 Å². The summed E-state index contributed by atoms with van der Waals surface area (Å²) >= 11 is 3.53. The van der Waals surface area contributed by atoms with Gasteiger partial charge in [-0.05, 0) is 59.8 Å². The predicted octanol–water partition coefficient (Wildman–Crippen LogP) is 3.06. The van der Waals surface area contributed by atoms with Crippen LogP contribution in [0, 0.1) is 13.8 Å². The number of hydrogen-bond acceptors (Lipinski definition) is 2. The average molecular weight is 271 g/mol. The van der Waals surface area contributed by atoms with Crippen LogP contribution >= 0.6 is 15.9 Å². The fourth-order valence-corrected chi connectivity index (χ4v) is 2.47. The van der Waals surface area contributed by atoms with Crippen molar-refractivity contribution in [1.82, 2.24) is 0 Å². The van der Waals surface area contributed by atoms with Gasteiger partial charge in [0.1, 0.15) is 5.75 Å². The molecule has 82 valence electrons. The van der Waals surface area contributed by atoms with Gasteiger partial charge in [0, 0.05) is 5.56 Å². The zero-order valence-electron chi connectivity index (χ0n) is 9.22. The normalized spacial score (nSPS) is 17.7. The Morgan fingerprint density at radius 3 is 2.47 bits per heavy atom. The second kappa shape index (κ2) is 3.49. The third kappa shape index (κ3) is 1.68. The number of hydrogen-bond donors (Lipinski definition) is 1. The zero-order valence-corrected chi connectivity index (χ0v) is 10.8. The standard InChI is InChI=1S/C12H15BrO2/c1-7-6-9(12(14)4-5-12)11(15-3)10(13)8(7)2/h6,14H,4-5H2,1-3H3. The SMILES string of the molecule is COc1c(C2(O)CC2)cc(C)c(C)c1Br. The Balaban J connectivity index is 2.63. The van der Waals surface area contributed by atoms with Gasteiger partial charge < -0.3 is 9.84 Å². The summed E-state index contributed by atoms with van der Waals surface area (Å²) in [6, 6.07) is 2.03. The molecule has 1 saturated carbocycles. The van der Waals surface area contributed by atoms with E-state index in [0.29, 0.717) is 0 Å². The third-order valence-corrected chi connectivity index (χ3v) is 4.11. The van der Waals surface area contributed by atoms with E-state index in [4.69, 9.17) is 4.74 Å². The first kappa shape index (κ1) is 11.0. The van der Waals surface area contributed by atoms with Crippen molar-refractivity contribution in [3.63, 3.8) is 0 Å². The van der Waals surface area contributed by atoms with Crippen LogP contribution in [0.2, 0.25) is 0 Å². The number of halogens is 1. The molecule has 0 heterocycles. The molecule has 1 aromatic rings. The van der Waals surface area contributed by atoms with Crippen molar-refractivity contribution in [2.24, 2.45) is 0 Å². The van der Waals surface area contributed by atoms with Crippen LogP contribution in [0.3, 0.4) is 0 Å². The molecule has 0 amide bonds. The molecule has 0 saturated heterocycles. The Bertz CT molecular complexity index is 409. The summed E-state index contributed by atoms with van der Waals surface area (Å²) in [5.74, 6) is 0.776. The lowest BCUT2D eigenvalue weighted by atomic mass is 10.00. The molecule has 0 atom stereocenters. The largest absolute Gasteiger partial charge is 0.495 e. The molecule has 0 aliphatic heterocycles. The van der Waals surface area contributed by atoms with Crippen LogP contribution in [0.1, 0.15) is 29.5 Å². The molecule has 15 heavy (non-hydrogen) atoms. The van der Waals surface area contributed by atoms with E-state index in [2.05, 4.69) is 22.9 Å². The minimum Gasteiger partial charge on any atom is -0.495 e. The Labute approximate surface area is 98.4 Å². The maximum absolute atomic E-state index is 10.2. The lowest BCUT2D eigenvalue weighted by Crippen LogP contribution is -2.08. The van der Waals surface area contributed by atoms with Gasteiger partial charge in [-0.3, -0.25) is 0 Å². The van der Waals surface area contributed by atoms with E-state index in [0.717, 1.165) is 28.6 Å². The van der Waals surface area contributed by atoms with E-state index >= 15 is 0 Å². The van der Waals surface area contributed by atoms with Crippen LogP contribution in [0.4, 0.5) is 0 Å². The maximum Gasteiger partial charge on any atom is 0.139 e. The van der Waals surface area contributed by atoms with Crippen molar-refractivity contribution < 1.29 is 9.84 Å². The molecule has 1 aliphatic rings. The molecule has 2 nitrogen and oxygen atoms in total. The smallest absolute Gasteiger partial charge is 0.139 e. The molecule has 0 radical (unpaired) electrons. The first-order chi connectivity index (χ1) is 6.99. The number of ether oxygens (including phenoxy) is 1. The van der Waals surface area contributed by atoms with E-state index in [1.807, 2.05) is 13.0 Å². The van der Waals surface area contributed by atoms with Crippen molar-refractivity contribution in [3.8, 4) is 5.75 Å². The molecule has 0 spiro atoms. The minimum atomic E-state index is -0.647. The fraction of sp³-hybridized carbons (Fsp3) is 0.500. The van der Waals surface area contributed by atoms with E-state index in [9.17, 15) is 5.11 Å². The van der Waals surface area contributed by atoms with Crippen molar-refractivity contribution >= 4 is 15.9 Å². The molecule has 2 rings (SSSR count). The highest BCUT2D eigenvalue weighted by molar-refractivity contribution is 9.10. The lowest BCUT2D eigenvalue weighted by Gasteiger charge is -2.18. The molecular formula is C12H15BrO2. The molecule has 1 aliphatic carbocycles. The lowest BCUT2D eigenvalue weighted by molar-refractivity contribution is 0.147. The van der Waals surface area contributed by atoms with Crippen LogP contribution in [-0.2, 0) is 5.60 Å². The summed E-state index contributed by atoms with van der Waals surface area (Å²) in [6.45, 7) is 4.09. The number of aliphatic hydroxyl groups is 1. The van der Waals surface area contributed by atoms with Gasteiger partial charge in [0.2, 0.25) is 0 Å². The van der Waals surface area contributed by atoms with Crippen LogP contribution < -0.4 is 4.74 Å². The molecule has 0 bridgehead atoms. The summed E-state index contributed by atoms with van der Waals surface area (Å²) < 4.78 is 6.33.